The second kappa shape index (κ2) is 8.64. The Kier molecular flexibility index (Phi) is 5.46. The first-order chi connectivity index (χ1) is 16.6. The summed E-state index contributed by atoms with van der Waals surface area (Å²) in [5, 5.41) is 5.84. The van der Waals surface area contributed by atoms with Gasteiger partial charge in [-0.1, -0.05) is 0 Å². The number of hydrogen-bond acceptors (Lipinski definition) is 6. The zero-order chi connectivity index (χ0) is 23.2. The van der Waals surface area contributed by atoms with Crippen LogP contribution in [0.5, 0.6) is 0 Å². The van der Waals surface area contributed by atoms with Gasteiger partial charge in [-0.15, -0.1) is 0 Å². The lowest BCUT2D eigenvalue weighted by Crippen LogP contribution is -2.52. The zero-order valence-corrected chi connectivity index (χ0v) is 20.4. The molecular formula is C27H33N7. The van der Waals surface area contributed by atoms with Gasteiger partial charge in [0.1, 0.15) is 0 Å². The van der Waals surface area contributed by atoms with Crippen LogP contribution in [0.2, 0.25) is 0 Å². The Bertz CT molecular complexity index is 1330. The molecule has 5 heterocycles. The number of rotatable bonds is 3. The molecule has 0 spiro atoms. The largest absolute Gasteiger partial charge is 0.369 e. The van der Waals surface area contributed by atoms with Gasteiger partial charge in [-0.05, 0) is 68.6 Å². The highest BCUT2D eigenvalue weighted by atomic mass is 15.3. The van der Waals surface area contributed by atoms with Gasteiger partial charge in [0.05, 0.1) is 29.8 Å². The van der Waals surface area contributed by atoms with Crippen molar-refractivity contribution >= 4 is 22.2 Å². The second-order valence-corrected chi connectivity index (χ2v) is 10.0. The van der Waals surface area contributed by atoms with Crippen LogP contribution in [0.25, 0.3) is 27.7 Å². The Hall–Kier alpha value is -3.03. The summed E-state index contributed by atoms with van der Waals surface area (Å²) in [6, 6.07) is 7.18. The van der Waals surface area contributed by atoms with E-state index < -0.39 is 0 Å². The van der Waals surface area contributed by atoms with E-state index in [1.165, 1.54) is 50.1 Å². The molecule has 3 aromatic heterocycles. The van der Waals surface area contributed by atoms with Crippen LogP contribution >= 0.6 is 0 Å². The molecule has 0 radical (unpaired) electrons. The topological polar surface area (TPSA) is 52.8 Å². The molecule has 4 aromatic rings. The molecule has 0 unspecified atom stereocenters. The molecule has 7 nitrogen and oxygen atoms in total. The SMILES string of the molecule is Cc1cc2nccc(-c3cnn4cc(N5CCC(N6CCN(C)CC6)CC5)cnc34)c2cc1C. The number of aromatic nitrogens is 4. The Morgan fingerprint density at radius 2 is 1.62 bits per heavy atom. The van der Waals surface area contributed by atoms with Crippen LogP contribution in [0.4, 0.5) is 5.69 Å². The number of benzene rings is 1. The van der Waals surface area contributed by atoms with Crippen LogP contribution in [-0.4, -0.2) is 81.7 Å². The number of pyridine rings is 1. The van der Waals surface area contributed by atoms with E-state index in [2.05, 4.69) is 70.1 Å². The summed E-state index contributed by atoms with van der Waals surface area (Å²) >= 11 is 0. The van der Waals surface area contributed by atoms with E-state index in [-0.39, 0.29) is 0 Å². The molecule has 6 rings (SSSR count). The number of aryl methyl sites for hydroxylation is 2. The molecule has 0 amide bonds. The van der Waals surface area contributed by atoms with E-state index in [0.29, 0.717) is 6.04 Å². The lowest BCUT2D eigenvalue weighted by molar-refractivity contribution is 0.0982. The van der Waals surface area contributed by atoms with Gasteiger partial charge in [0.15, 0.2) is 5.65 Å². The zero-order valence-electron chi connectivity index (χ0n) is 20.4. The summed E-state index contributed by atoms with van der Waals surface area (Å²) in [6.45, 7) is 11.2. The first-order valence-electron chi connectivity index (χ1n) is 12.4. The van der Waals surface area contributed by atoms with Crippen LogP contribution in [-0.2, 0) is 0 Å². The van der Waals surface area contributed by atoms with E-state index in [4.69, 9.17) is 4.98 Å². The summed E-state index contributed by atoms with van der Waals surface area (Å²) in [4.78, 5) is 17.1. The minimum atomic E-state index is 0.713. The van der Waals surface area contributed by atoms with Gasteiger partial charge < -0.3 is 9.80 Å². The molecule has 0 aliphatic carbocycles. The number of piperazine rings is 1. The molecular weight excluding hydrogens is 422 g/mol. The van der Waals surface area contributed by atoms with Gasteiger partial charge in [0.2, 0.25) is 0 Å². The number of piperidine rings is 1. The maximum atomic E-state index is 4.88. The molecule has 2 aliphatic heterocycles. The van der Waals surface area contributed by atoms with E-state index in [1.54, 1.807) is 0 Å². The van der Waals surface area contributed by atoms with Crippen LogP contribution in [0.3, 0.4) is 0 Å². The van der Waals surface area contributed by atoms with E-state index in [0.717, 1.165) is 46.5 Å². The van der Waals surface area contributed by atoms with Gasteiger partial charge in [-0.25, -0.2) is 9.50 Å². The standard InChI is InChI=1S/C27H33N7/c1-19-14-24-23(4-7-28-26(24)15-20(19)2)25-17-30-34-18-22(16-29-27(25)34)32-8-5-21(6-9-32)33-12-10-31(3)11-13-33/h4,7,14-18,21H,5-6,8-13H2,1-3H3. The molecule has 0 atom stereocenters. The van der Waals surface area contributed by atoms with Crippen molar-refractivity contribution in [3.05, 3.63) is 54.1 Å². The molecule has 2 saturated heterocycles. The van der Waals surface area contributed by atoms with Gasteiger partial charge in [-0.3, -0.25) is 9.88 Å². The first kappa shape index (κ1) is 21.5. The highest BCUT2D eigenvalue weighted by molar-refractivity contribution is 5.98. The number of anilines is 1. The maximum absolute atomic E-state index is 4.88. The minimum Gasteiger partial charge on any atom is -0.369 e. The molecule has 2 fully saturated rings. The van der Waals surface area contributed by atoms with Crippen LogP contribution in [0.15, 0.2) is 43.0 Å². The smallest absolute Gasteiger partial charge is 0.162 e. The number of hydrogen-bond donors (Lipinski definition) is 0. The van der Waals surface area contributed by atoms with Crippen molar-refractivity contribution in [2.45, 2.75) is 32.7 Å². The number of fused-ring (bicyclic) bond motifs is 2. The van der Waals surface area contributed by atoms with Crippen molar-refractivity contribution in [1.82, 2.24) is 29.4 Å². The quantitative estimate of drug-likeness (QED) is 0.469. The molecule has 0 N–H and O–H groups in total. The fraction of sp³-hybridized carbons (Fsp3) is 0.444. The highest BCUT2D eigenvalue weighted by Crippen LogP contribution is 2.32. The predicted molar refractivity (Wildman–Crippen MR) is 138 cm³/mol. The van der Waals surface area contributed by atoms with Crippen molar-refractivity contribution in [2.75, 3.05) is 51.2 Å². The predicted octanol–water partition coefficient (Wildman–Crippen LogP) is 3.78. The molecule has 0 bridgehead atoms. The van der Waals surface area contributed by atoms with Crippen molar-refractivity contribution in [3.63, 3.8) is 0 Å². The van der Waals surface area contributed by atoms with Gasteiger partial charge in [0, 0.05) is 62.5 Å². The van der Waals surface area contributed by atoms with Crippen molar-refractivity contribution in [2.24, 2.45) is 0 Å². The lowest BCUT2D eigenvalue weighted by atomic mass is 9.99. The Morgan fingerprint density at radius 1 is 0.853 bits per heavy atom. The van der Waals surface area contributed by atoms with E-state index in [1.807, 2.05) is 23.1 Å². The van der Waals surface area contributed by atoms with Gasteiger partial charge in [-0.2, -0.15) is 5.10 Å². The highest BCUT2D eigenvalue weighted by Gasteiger charge is 2.27. The van der Waals surface area contributed by atoms with Crippen molar-refractivity contribution < 1.29 is 0 Å². The average Bonchev–Trinajstić information content (AvgIpc) is 3.28. The summed E-state index contributed by atoms with van der Waals surface area (Å²) < 4.78 is 1.94. The summed E-state index contributed by atoms with van der Waals surface area (Å²) in [6.07, 6.45) is 10.4. The number of nitrogens with zero attached hydrogens (tertiary/aromatic N) is 7. The number of likely N-dealkylation sites (N-methyl/N-ethyl adjacent to an activating group) is 1. The minimum absolute atomic E-state index is 0.713. The van der Waals surface area contributed by atoms with Gasteiger partial charge in [0.25, 0.3) is 0 Å². The molecule has 176 valence electrons. The molecule has 34 heavy (non-hydrogen) atoms. The normalized spacial score (nSPS) is 18.9. The summed E-state index contributed by atoms with van der Waals surface area (Å²) in [5.74, 6) is 0. The first-order valence-corrected chi connectivity index (χ1v) is 12.4. The molecule has 1 aromatic carbocycles. The third-order valence-electron chi connectivity index (χ3n) is 7.87. The fourth-order valence-electron chi connectivity index (χ4n) is 5.53. The van der Waals surface area contributed by atoms with Crippen LogP contribution < -0.4 is 4.90 Å². The van der Waals surface area contributed by atoms with E-state index in [9.17, 15) is 0 Å². The fourth-order valence-corrected chi connectivity index (χ4v) is 5.53. The average molecular weight is 456 g/mol. The van der Waals surface area contributed by atoms with Crippen molar-refractivity contribution in [3.8, 4) is 11.1 Å². The van der Waals surface area contributed by atoms with Crippen LogP contribution in [0, 0.1) is 13.8 Å². The molecule has 7 heteroatoms. The Morgan fingerprint density at radius 3 is 2.41 bits per heavy atom. The monoisotopic (exact) mass is 455 g/mol. The third kappa shape index (κ3) is 3.83. The molecule has 2 aliphatic rings. The van der Waals surface area contributed by atoms with E-state index >= 15 is 0 Å². The maximum Gasteiger partial charge on any atom is 0.162 e. The Labute approximate surface area is 201 Å². The lowest BCUT2D eigenvalue weighted by Gasteiger charge is -2.42. The summed E-state index contributed by atoms with van der Waals surface area (Å²) in [5.41, 5.74) is 7.78. The van der Waals surface area contributed by atoms with Crippen molar-refractivity contribution in [1.29, 1.82) is 0 Å². The third-order valence-corrected chi connectivity index (χ3v) is 7.87. The van der Waals surface area contributed by atoms with Crippen LogP contribution in [0.1, 0.15) is 24.0 Å². The second-order valence-electron chi connectivity index (χ2n) is 10.0. The molecule has 0 saturated carbocycles. The van der Waals surface area contributed by atoms with Gasteiger partial charge >= 0.3 is 0 Å². The Balaban J connectivity index is 1.24. The summed E-state index contributed by atoms with van der Waals surface area (Å²) in [7, 11) is 2.23.